The third-order valence-electron chi connectivity index (χ3n) is 4.58. The van der Waals surface area contributed by atoms with E-state index >= 15 is 0 Å². The normalized spacial score (nSPS) is 12.1. The molecule has 28 heavy (non-hydrogen) atoms. The molecule has 0 spiro atoms. The van der Waals surface area contributed by atoms with E-state index in [0.29, 0.717) is 17.9 Å². The summed E-state index contributed by atoms with van der Waals surface area (Å²) in [6, 6.07) is 0.628. The summed E-state index contributed by atoms with van der Waals surface area (Å²) in [5.74, 6) is -0.622. The van der Waals surface area contributed by atoms with Crippen LogP contribution in [0, 0.1) is 24.0 Å². The Morgan fingerprint density at radius 2 is 2.07 bits per heavy atom. The number of hydrogen-bond acceptors (Lipinski definition) is 6. The molecule has 0 aromatic carbocycles. The van der Waals surface area contributed by atoms with E-state index in [1.54, 1.807) is 30.9 Å². The van der Waals surface area contributed by atoms with Crippen LogP contribution in [0.15, 0.2) is 24.7 Å². The second kappa shape index (κ2) is 7.62. The van der Waals surface area contributed by atoms with Crippen LogP contribution in [0.2, 0.25) is 0 Å². The second-order valence-corrected chi connectivity index (χ2v) is 6.51. The van der Waals surface area contributed by atoms with Crippen LogP contribution in [0.3, 0.4) is 0 Å². The Morgan fingerprint density at radius 3 is 2.68 bits per heavy atom. The average Bonchev–Trinajstić information content (AvgIpc) is 3.35. The summed E-state index contributed by atoms with van der Waals surface area (Å²) in [7, 11) is 0. The van der Waals surface area contributed by atoms with Crippen molar-refractivity contribution in [3.63, 3.8) is 0 Å². The molecule has 1 unspecified atom stereocenters. The smallest absolute Gasteiger partial charge is 0.358 e. The first-order chi connectivity index (χ1) is 13.3. The minimum absolute atomic E-state index is 0.284. The molecular weight excluding hydrogens is 364 g/mol. The van der Waals surface area contributed by atoms with E-state index in [-0.39, 0.29) is 11.7 Å². The highest BCUT2D eigenvalue weighted by molar-refractivity contribution is 5.93. The van der Waals surface area contributed by atoms with Crippen LogP contribution in [-0.2, 0) is 17.9 Å². The molecule has 3 aromatic heterocycles. The highest BCUT2D eigenvalue weighted by Crippen LogP contribution is 2.18. The molecule has 0 bridgehead atoms. The maximum atomic E-state index is 12.5. The van der Waals surface area contributed by atoms with Gasteiger partial charge in [0.05, 0.1) is 41.5 Å². The topological polar surface area (TPSA) is 126 Å². The van der Waals surface area contributed by atoms with Crippen LogP contribution in [0.5, 0.6) is 0 Å². The standard InChI is InChI=1S/C17H22N8O3/c1-5-23-12(3)14(7-19-23)9-22-10-15(8-18-22)20-17(26)13(4)24-11(2)6-16(21-24)25(27)28/h6-8,10,13H,5,9H2,1-4H3,(H,20,26). The number of aromatic nitrogens is 6. The molecule has 1 N–H and O–H groups in total. The van der Waals surface area contributed by atoms with Crippen LogP contribution in [0.25, 0.3) is 0 Å². The molecule has 3 rings (SSSR count). The molecule has 0 aliphatic heterocycles. The van der Waals surface area contributed by atoms with E-state index in [9.17, 15) is 14.9 Å². The van der Waals surface area contributed by atoms with Crippen LogP contribution >= 0.6 is 0 Å². The van der Waals surface area contributed by atoms with Crippen molar-refractivity contribution >= 4 is 17.4 Å². The van der Waals surface area contributed by atoms with E-state index in [1.165, 1.54) is 10.7 Å². The van der Waals surface area contributed by atoms with Crippen LogP contribution < -0.4 is 5.32 Å². The van der Waals surface area contributed by atoms with Crippen molar-refractivity contribution in [2.24, 2.45) is 0 Å². The average molecular weight is 386 g/mol. The van der Waals surface area contributed by atoms with Gasteiger partial charge in [-0.25, -0.2) is 0 Å². The highest BCUT2D eigenvalue weighted by atomic mass is 16.6. The molecule has 3 heterocycles. The number of amides is 1. The van der Waals surface area contributed by atoms with E-state index in [1.807, 2.05) is 24.7 Å². The number of anilines is 1. The Balaban J connectivity index is 1.68. The van der Waals surface area contributed by atoms with Crippen molar-refractivity contribution in [1.82, 2.24) is 29.3 Å². The third kappa shape index (κ3) is 3.77. The van der Waals surface area contributed by atoms with Gasteiger partial charge in [-0.05, 0) is 32.6 Å². The fourth-order valence-electron chi connectivity index (χ4n) is 2.96. The number of carbonyl (C=O) groups excluding carboxylic acids is 1. The van der Waals surface area contributed by atoms with Crippen LogP contribution in [-0.4, -0.2) is 40.2 Å². The number of aryl methyl sites for hydroxylation is 2. The molecule has 1 amide bonds. The number of hydrogen-bond donors (Lipinski definition) is 1. The minimum Gasteiger partial charge on any atom is -0.358 e. The zero-order valence-electron chi connectivity index (χ0n) is 16.2. The monoisotopic (exact) mass is 386 g/mol. The van der Waals surface area contributed by atoms with Gasteiger partial charge < -0.3 is 15.4 Å². The van der Waals surface area contributed by atoms with Gasteiger partial charge in [-0.1, -0.05) is 0 Å². The Kier molecular flexibility index (Phi) is 5.25. The number of rotatable bonds is 7. The lowest BCUT2D eigenvalue weighted by molar-refractivity contribution is -0.389. The number of nitrogens with one attached hydrogen (secondary N) is 1. The predicted molar refractivity (Wildman–Crippen MR) is 101 cm³/mol. The van der Waals surface area contributed by atoms with Crippen molar-refractivity contribution in [2.45, 2.75) is 46.8 Å². The fraction of sp³-hybridized carbons (Fsp3) is 0.412. The lowest BCUT2D eigenvalue weighted by atomic mass is 10.2. The van der Waals surface area contributed by atoms with Gasteiger partial charge in [0.15, 0.2) is 0 Å². The van der Waals surface area contributed by atoms with Gasteiger partial charge in [0.2, 0.25) is 0 Å². The van der Waals surface area contributed by atoms with Crippen molar-refractivity contribution in [1.29, 1.82) is 0 Å². The molecule has 11 nitrogen and oxygen atoms in total. The van der Waals surface area contributed by atoms with Gasteiger partial charge in [0.1, 0.15) is 6.04 Å². The summed E-state index contributed by atoms with van der Waals surface area (Å²) >= 11 is 0. The van der Waals surface area contributed by atoms with Crippen molar-refractivity contribution in [2.75, 3.05) is 5.32 Å². The number of nitrogens with zero attached hydrogens (tertiary/aromatic N) is 7. The predicted octanol–water partition coefficient (Wildman–Crippen LogP) is 2.07. The molecular formula is C17H22N8O3. The Labute approximate surface area is 161 Å². The van der Waals surface area contributed by atoms with E-state index < -0.39 is 11.0 Å². The van der Waals surface area contributed by atoms with Gasteiger partial charge >= 0.3 is 5.82 Å². The molecule has 148 valence electrons. The van der Waals surface area contributed by atoms with Crippen LogP contribution in [0.4, 0.5) is 11.5 Å². The maximum absolute atomic E-state index is 12.5. The summed E-state index contributed by atoms with van der Waals surface area (Å²) in [5, 5.41) is 26.1. The van der Waals surface area contributed by atoms with Crippen molar-refractivity contribution in [3.05, 3.63) is 51.7 Å². The molecule has 0 saturated carbocycles. The van der Waals surface area contributed by atoms with E-state index in [4.69, 9.17) is 0 Å². The molecule has 0 aliphatic rings. The fourth-order valence-corrected chi connectivity index (χ4v) is 2.96. The largest absolute Gasteiger partial charge is 0.390 e. The van der Waals surface area contributed by atoms with E-state index in [0.717, 1.165) is 17.8 Å². The summed E-state index contributed by atoms with van der Waals surface area (Å²) in [6.45, 7) is 8.68. The first-order valence-corrected chi connectivity index (χ1v) is 8.85. The molecule has 0 saturated heterocycles. The summed E-state index contributed by atoms with van der Waals surface area (Å²) in [6.07, 6.45) is 5.10. The Hall–Kier alpha value is -3.50. The number of carbonyl (C=O) groups is 1. The highest BCUT2D eigenvalue weighted by Gasteiger charge is 2.24. The van der Waals surface area contributed by atoms with Gasteiger partial charge in [-0.3, -0.25) is 14.2 Å². The maximum Gasteiger partial charge on any atom is 0.390 e. The SMILES string of the molecule is CCn1ncc(Cn2cc(NC(=O)C(C)n3nc([N+](=O)[O-])cc3C)cn2)c1C. The summed E-state index contributed by atoms with van der Waals surface area (Å²) in [5.41, 5.74) is 3.20. The minimum atomic E-state index is -0.706. The Bertz CT molecular complexity index is 1020. The lowest BCUT2D eigenvalue weighted by Gasteiger charge is -2.10. The van der Waals surface area contributed by atoms with Gasteiger partial charge in [-0.15, -0.1) is 0 Å². The quantitative estimate of drug-likeness (QED) is 0.489. The third-order valence-corrected chi connectivity index (χ3v) is 4.58. The second-order valence-electron chi connectivity index (χ2n) is 6.51. The number of nitro groups is 1. The van der Waals surface area contributed by atoms with Crippen molar-refractivity contribution < 1.29 is 9.72 Å². The first kappa shape index (κ1) is 19.3. The molecule has 0 fully saturated rings. The zero-order valence-corrected chi connectivity index (χ0v) is 16.2. The van der Waals surface area contributed by atoms with Gasteiger partial charge in [0, 0.05) is 24.0 Å². The zero-order chi connectivity index (χ0) is 20.4. The first-order valence-electron chi connectivity index (χ1n) is 8.85. The van der Waals surface area contributed by atoms with Gasteiger partial charge in [-0.2, -0.15) is 14.9 Å². The molecule has 0 radical (unpaired) electrons. The summed E-state index contributed by atoms with van der Waals surface area (Å²) < 4.78 is 4.96. The van der Waals surface area contributed by atoms with E-state index in [2.05, 4.69) is 20.6 Å². The molecule has 0 aliphatic carbocycles. The summed E-state index contributed by atoms with van der Waals surface area (Å²) in [4.78, 5) is 22.8. The van der Waals surface area contributed by atoms with Gasteiger partial charge in [0.25, 0.3) is 5.91 Å². The molecule has 3 aromatic rings. The molecule has 1 atom stereocenters. The molecule has 11 heteroatoms. The Morgan fingerprint density at radius 1 is 1.32 bits per heavy atom. The lowest BCUT2D eigenvalue weighted by Crippen LogP contribution is -2.25. The van der Waals surface area contributed by atoms with Crippen molar-refractivity contribution in [3.8, 4) is 0 Å². The van der Waals surface area contributed by atoms with Crippen LogP contribution in [0.1, 0.15) is 36.8 Å².